The van der Waals surface area contributed by atoms with Crippen LogP contribution in [0.5, 0.6) is 0 Å². The summed E-state index contributed by atoms with van der Waals surface area (Å²) < 4.78 is 1.75. The van der Waals surface area contributed by atoms with Gasteiger partial charge >= 0.3 is 0 Å². The first kappa shape index (κ1) is 12.0. The molecule has 1 rings (SSSR count). The Hall–Kier alpha value is -1.03. The number of carbonyl (C=O) groups is 1. The van der Waals surface area contributed by atoms with Crippen LogP contribution in [0.1, 0.15) is 25.1 Å². The van der Waals surface area contributed by atoms with Gasteiger partial charge in [0.2, 0.25) is 5.91 Å². The maximum atomic E-state index is 11.3. The molecule has 0 aliphatic rings. The number of hydrogen-bond acceptors (Lipinski definition) is 2. The number of halogens is 1. The molecule has 0 aliphatic heterocycles. The Labute approximate surface area is 94.6 Å². The van der Waals surface area contributed by atoms with Crippen molar-refractivity contribution in [2.75, 3.05) is 0 Å². The van der Waals surface area contributed by atoms with Gasteiger partial charge in [0.1, 0.15) is 5.38 Å². The van der Waals surface area contributed by atoms with Crippen molar-refractivity contribution in [2.24, 2.45) is 7.05 Å². The van der Waals surface area contributed by atoms with Gasteiger partial charge in [-0.05, 0) is 13.3 Å². The molecule has 1 aromatic heterocycles. The Morgan fingerprint density at radius 1 is 1.73 bits per heavy atom. The summed E-state index contributed by atoms with van der Waals surface area (Å²) in [4.78, 5) is 11.3. The van der Waals surface area contributed by atoms with Crippen molar-refractivity contribution in [3.05, 3.63) is 17.5 Å². The van der Waals surface area contributed by atoms with Crippen molar-refractivity contribution in [1.29, 1.82) is 0 Å². The lowest BCUT2D eigenvalue weighted by molar-refractivity contribution is -0.120. The second-order valence-electron chi connectivity index (χ2n) is 3.46. The highest BCUT2D eigenvalue weighted by Gasteiger charge is 2.10. The average molecular weight is 230 g/mol. The molecule has 1 unspecified atom stereocenters. The lowest BCUT2D eigenvalue weighted by atomic mass is 10.2. The quantitative estimate of drug-likeness (QED) is 0.790. The van der Waals surface area contributed by atoms with E-state index in [1.807, 2.05) is 20.2 Å². The van der Waals surface area contributed by atoms with Crippen LogP contribution >= 0.6 is 11.6 Å². The summed E-state index contributed by atoms with van der Waals surface area (Å²) in [6.07, 6.45) is 2.78. The van der Waals surface area contributed by atoms with E-state index in [-0.39, 0.29) is 5.91 Å². The Morgan fingerprint density at radius 2 is 2.40 bits per heavy atom. The van der Waals surface area contributed by atoms with E-state index in [0.717, 1.165) is 17.7 Å². The molecule has 5 heteroatoms. The maximum absolute atomic E-state index is 11.3. The lowest BCUT2D eigenvalue weighted by Crippen LogP contribution is -2.29. The third-order valence-electron chi connectivity index (χ3n) is 2.14. The molecule has 1 N–H and O–H groups in total. The first-order valence-electron chi connectivity index (χ1n) is 4.97. The van der Waals surface area contributed by atoms with Gasteiger partial charge in [0, 0.05) is 25.4 Å². The van der Waals surface area contributed by atoms with Gasteiger partial charge in [-0.1, -0.05) is 6.92 Å². The molecular weight excluding hydrogens is 214 g/mol. The molecule has 0 saturated heterocycles. The first-order valence-corrected chi connectivity index (χ1v) is 5.41. The second kappa shape index (κ2) is 5.16. The van der Waals surface area contributed by atoms with Gasteiger partial charge in [0.05, 0.1) is 5.69 Å². The van der Waals surface area contributed by atoms with E-state index < -0.39 is 5.38 Å². The maximum Gasteiger partial charge on any atom is 0.238 e. The SMILES string of the molecule is CCc1nn(C)cc1CNC(=O)C(C)Cl. The zero-order chi connectivity index (χ0) is 11.4. The third-order valence-corrected chi connectivity index (χ3v) is 2.34. The number of carbonyl (C=O) groups excluding carboxylic acids is 1. The summed E-state index contributed by atoms with van der Waals surface area (Å²) in [5.41, 5.74) is 2.06. The smallest absolute Gasteiger partial charge is 0.238 e. The van der Waals surface area contributed by atoms with Crippen LogP contribution in [0.3, 0.4) is 0 Å². The molecule has 0 fully saturated rings. The van der Waals surface area contributed by atoms with Crippen LogP contribution in [0.4, 0.5) is 0 Å². The minimum atomic E-state index is -0.494. The van der Waals surface area contributed by atoms with Crippen molar-refractivity contribution in [2.45, 2.75) is 32.2 Å². The van der Waals surface area contributed by atoms with Crippen LogP contribution in [0.15, 0.2) is 6.20 Å². The fraction of sp³-hybridized carbons (Fsp3) is 0.600. The van der Waals surface area contributed by atoms with Crippen LogP contribution in [0.25, 0.3) is 0 Å². The second-order valence-corrected chi connectivity index (χ2v) is 4.12. The van der Waals surface area contributed by atoms with E-state index in [2.05, 4.69) is 10.4 Å². The number of alkyl halides is 1. The van der Waals surface area contributed by atoms with Gasteiger partial charge in [-0.2, -0.15) is 5.10 Å². The number of rotatable bonds is 4. The number of amides is 1. The third kappa shape index (κ3) is 3.23. The lowest BCUT2D eigenvalue weighted by Gasteiger charge is -2.05. The van der Waals surface area contributed by atoms with Gasteiger partial charge in [0.25, 0.3) is 0 Å². The topological polar surface area (TPSA) is 46.9 Å². The standard InChI is InChI=1S/C10H16ClN3O/c1-4-9-8(6-14(3)13-9)5-12-10(15)7(2)11/h6-7H,4-5H2,1-3H3,(H,12,15). The molecule has 1 heterocycles. The van der Waals surface area contributed by atoms with Gasteiger partial charge in [-0.15, -0.1) is 11.6 Å². The molecule has 84 valence electrons. The number of nitrogens with one attached hydrogen (secondary N) is 1. The highest BCUT2D eigenvalue weighted by atomic mass is 35.5. The zero-order valence-electron chi connectivity index (χ0n) is 9.25. The summed E-state index contributed by atoms with van der Waals surface area (Å²) in [7, 11) is 1.87. The Balaban J connectivity index is 2.60. The predicted molar refractivity (Wildman–Crippen MR) is 59.7 cm³/mol. The van der Waals surface area contributed by atoms with Gasteiger partial charge in [-0.25, -0.2) is 0 Å². The van der Waals surface area contributed by atoms with Crippen molar-refractivity contribution in [1.82, 2.24) is 15.1 Å². The van der Waals surface area contributed by atoms with Crippen LogP contribution in [0, 0.1) is 0 Å². The minimum Gasteiger partial charge on any atom is -0.351 e. The zero-order valence-corrected chi connectivity index (χ0v) is 10.0. The van der Waals surface area contributed by atoms with Crippen LogP contribution in [-0.4, -0.2) is 21.1 Å². The molecule has 0 bridgehead atoms. The van der Waals surface area contributed by atoms with E-state index in [9.17, 15) is 4.79 Å². The fourth-order valence-electron chi connectivity index (χ4n) is 1.35. The number of aromatic nitrogens is 2. The van der Waals surface area contributed by atoms with Crippen molar-refractivity contribution in [3.8, 4) is 0 Å². The van der Waals surface area contributed by atoms with Crippen LogP contribution < -0.4 is 5.32 Å². The van der Waals surface area contributed by atoms with E-state index in [1.54, 1.807) is 11.6 Å². The molecule has 4 nitrogen and oxygen atoms in total. The average Bonchev–Trinajstić information content (AvgIpc) is 2.55. The predicted octanol–water partition coefficient (Wildman–Crippen LogP) is 1.23. The molecule has 0 aliphatic carbocycles. The van der Waals surface area contributed by atoms with Crippen molar-refractivity contribution < 1.29 is 4.79 Å². The Bertz CT molecular complexity index is 346. The van der Waals surface area contributed by atoms with E-state index in [4.69, 9.17) is 11.6 Å². The molecule has 1 atom stereocenters. The molecule has 0 aromatic carbocycles. The van der Waals surface area contributed by atoms with Crippen LogP contribution in [0.2, 0.25) is 0 Å². The molecule has 0 radical (unpaired) electrons. The van der Waals surface area contributed by atoms with Gasteiger partial charge in [-0.3, -0.25) is 9.48 Å². The summed E-state index contributed by atoms with van der Waals surface area (Å²) in [5.74, 6) is -0.150. The molecule has 15 heavy (non-hydrogen) atoms. The summed E-state index contributed by atoms with van der Waals surface area (Å²) in [6.45, 7) is 4.19. The normalized spacial score (nSPS) is 12.5. The van der Waals surface area contributed by atoms with Crippen molar-refractivity contribution >= 4 is 17.5 Å². The molecule has 0 saturated carbocycles. The monoisotopic (exact) mass is 229 g/mol. The van der Waals surface area contributed by atoms with E-state index in [1.165, 1.54) is 0 Å². The highest BCUT2D eigenvalue weighted by Crippen LogP contribution is 2.06. The summed E-state index contributed by atoms with van der Waals surface area (Å²) >= 11 is 5.64. The minimum absolute atomic E-state index is 0.150. The van der Waals surface area contributed by atoms with Crippen LogP contribution in [-0.2, 0) is 24.8 Å². The number of nitrogens with zero attached hydrogens (tertiary/aromatic N) is 2. The van der Waals surface area contributed by atoms with E-state index >= 15 is 0 Å². The van der Waals surface area contributed by atoms with E-state index in [0.29, 0.717) is 6.54 Å². The number of aryl methyl sites for hydroxylation is 2. The molecule has 1 amide bonds. The first-order chi connectivity index (χ1) is 7.04. The molecule has 0 spiro atoms. The number of hydrogen-bond donors (Lipinski definition) is 1. The highest BCUT2D eigenvalue weighted by molar-refractivity contribution is 6.30. The Kier molecular flexibility index (Phi) is 4.15. The summed E-state index contributed by atoms with van der Waals surface area (Å²) in [6, 6.07) is 0. The Morgan fingerprint density at radius 3 is 2.93 bits per heavy atom. The summed E-state index contributed by atoms with van der Waals surface area (Å²) in [5, 5.41) is 6.55. The molecular formula is C10H16ClN3O. The van der Waals surface area contributed by atoms with Gasteiger partial charge < -0.3 is 5.32 Å². The largest absolute Gasteiger partial charge is 0.351 e. The van der Waals surface area contributed by atoms with Gasteiger partial charge in [0.15, 0.2) is 0 Å². The fourth-order valence-corrected chi connectivity index (χ4v) is 1.43. The molecule has 1 aromatic rings. The van der Waals surface area contributed by atoms with Crippen molar-refractivity contribution in [3.63, 3.8) is 0 Å².